The second-order valence-corrected chi connectivity index (χ2v) is 5.84. The molecule has 0 aromatic carbocycles. The minimum Gasteiger partial charge on any atom is -0.480 e. The van der Waals surface area contributed by atoms with Crippen LogP contribution in [0.1, 0.15) is 36.5 Å². The van der Waals surface area contributed by atoms with E-state index >= 15 is 0 Å². The highest BCUT2D eigenvalue weighted by Crippen LogP contribution is 2.16. The van der Waals surface area contributed by atoms with Gasteiger partial charge in [-0.05, 0) is 30.7 Å². The number of nitrogens with zero attached hydrogens (tertiary/aromatic N) is 1. The fourth-order valence-electron chi connectivity index (χ4n) is 2.61. The number of amides is 1. The van der Waals surface area contributed by atoms with E-state index in [0.717, 1.165) is 25.9 Å². The normalized spacial score (nSPS) is 17.8. The first kappa shape index (κ1) is 17.9. The van der Waals surface area contributed by atoms with Gasteiger partial charge in [0.15, 0.2) is 0 Å². The van der Waals surface area contributed by atoms with Gasteiger partial charge in [-0.1, -0.05) is 6.92 Å². The Kier molecular flexibility index (Phi) is 7.14. The molecule has 2 heterocycles. The van der Waals surface area contributed by atoms with Crippen molar-refractivity contribution >= 4 is 35.6 Å². The predicted octanol–water partition coefficient (Wildman–Crippen LogP) is 2.23. The van der Waals surface area contributed by atoms with Gasteiger partial charge >= 0.3 is 5.97 Å². The number of piperidine rings is 1. The third-order valence-corrected chi connectivity index (χ3v) is 4.44. The number of carbonyl (C=O) groups is 2. The molecule has 5 nitrogen and oxygen atoms in total. The number of nitrogens with one attached hydrogen (secondary N) is 1. The van der Waals surface area contributed by atoms with Crippen molar-refractivity contribution in [2.75, 3.05) is 13.1 Å². The number of aliphatic carboxylic acids is 1. The first-order chi connectivity index (χ1) is 9.61. The van der Waals surface area contributed by atoms with Gasteiger partial charge in [0.1, 0.15) is 6.04 Å². The zero-order chi connectivity index (χ0) is 14.5. The van der Waals surface area contributed by atoms with E-state index < -0.39 is 12.0 Å². The van der Waals surface area contributed by atoms with Crippen molar-refractivity contribution in [2.45, 2.75) is 38.3 Å². The number of halogens is 1. The SMILES string of the molecule is CCC(C(=O)O)N1CCC(NC(=O)c2ccsc2)CC1.Cl. The van der Waals surface area contributed by atoms with Gasteiger partial charge in [0.05, 0.1) is 0 Å². The fourth-order valence-corrected chi connectivity index (χ4v) is 3.24. The quantitative estimate of drug-likeness (QED) is 0.867. The van der Waals surface area contributed by atoms with E-state index in [9.17, 15) is 9.59 Å². The molecule has 0 bridgehead atoms. The van der Waals surface area contributed by atoms with Gasteiger partial charge in [0.2, 0.25) is 0 Å². The van der Waals surface area contributed by atoms with Crippen LogP contribution in [0, 0.1) is 0 Å². The molecule has 0 spiro atoms. The van der Waals surface area contributed by atoms with Crippen LogP contribution in [0.15, 0.2) is 16.8 Å². The molecule has 0 aliphatic carbocycles. The van der Waals surface area contributed by atoms with E-state index in [1.54, 1.807) is 0 Å². The molecule has 1 fully saturated rings. The first-order valence-electron chi connectivity index (χ1n) is 6.91. The van der Waals surface area contributed by atoms with Gasteiger partial charge in [-0.2, -0.15) is 11.3 Å². The maximum absolute atomic E-state index is 11.9. The van der Waals surface area contributed by atoms with E-state index in [2.05, 4.69) is 5.32 Å². The van der Waals surface area contributed by atoms with Gasteiger partial charge in [0, 0.05) is 30.1 Å². The number of likely N-dealkylation sites (tertiary alicyclic amines) is 1. The second-order valence-electron chi connectivity index (χ2n) is 5.06. The van der Waals surface area contributed by atoms with Gasteiger partial charge in [0.25, 0.3) is 5.91 Å². The third-order valence-electron chi connectivity index (χ3n) is 3.76. The molecule has 0 saturated carbocycles. The molecule has 1 unspecified atom stereocenters. The average Bonchev–Trinajstić information content (AvgIpc) is 2.95. The molecule has 118 valence electrons. The summed E-state index contributed by atoms with van der Waals surface area (Å²) in [7, 11) is 0. The summed E-state index contributed by atoms with van der Waals surface area (Å²) in [5, 5.41) is 15.9. The lowest BCUT2D eigenvalue weighted by molar-refractivity contribution is -0.143. The van der Waals surface area contributed by atoms with Crippen LogP contribution >= 0.6 is 23.7 Å². The highest BCUT2D eigenvalue weighted by atomic mass is 35.5. The van der Waals surface area contributed by atoms with Gasteiger partial charge in [-0.15, -0.1) is 12.4 Å². The Bertz CT molecular complexity index is 459. The van der Waals surface area contributed by atoms with Crippen LogP contribution in [0.4, 0.5) is 0 Å². The van der Waals surface area contributed by atoms with E-state index in [4.69, 9.17) is 5.11 Å². The van der Waals surface area contributed by atoms with Crippen molar-refractivity contribution < 1.29 is 14.7 Å². The summed E-state index contributed by atoms with van der Waals surface area (Å²) in [6, 6.07) is 1.56. The molecule has 21 heavy (non-hydrogen) atoms. The van der Waals surface area contributed by atoms with Crippen molar-refractivity contribution in [3.05, 3.63) is 22.4 Å². The van der Waals surface area contributed by atoms with Gasteiger partial charge < -0.3 is 10.4 Å². The highest BCUT2D eigenvalue weighted by molar-refractivity contribution is 7.08. The van der Waals surface area contributed by atoms with E-state index in [1.165, 1.54) is 11.3 Å². The Hall–Kier alpha value is -1.11. The molecule has 1 aliphatic rings. The zero-order valence-electron chi connectivity index (χ0n) is 11.9. The van der Waals surface area contributed by atoms with Crippen LogP contribution in [0.3, 0.4) is 0 Å². The molecule has 7 heteroatoms. The topological polar surface area (TPSA) is 69.6 Å². The molecular formula is C14H21ClN2O3S. The molecule has 1 saturated heterocycles. The van der Waals surface area contributed by atoms with Crippen LogP contribution in [0.2, 0.25) is 0 Å². The number of rotatable bonds is 5. The average molecular weight is 333 g/mol. The first-order valence-corrected chi connectivity index (χ1v) is 7.86. The Morgan fingerprint density at radius 2 is 2.14 bits per heavy atom. The smallest absolute Gasteiger partial charge is 0.320 e. The number of hydrogen-bond donors (Lipinski definition) is 2. The van der Waals surface area contributed by atoms with Crippen molar-refractivity contribution in [1.82, 2.24) is 10.2 Å². The molecule has 2 N–H and O–H groups in total. The monoisotopic (exact) mass is 332 g/mol. The van der Waals surface area contributed by atoms with E-state index in [0.29, 0.717) is 12.0 Å². The lowest BCUT2D eigenvalue weighted by Crippen LogP contribution is -2.50. The maximum Gasteiger partial charge on any atom is 0.320 e. The molecule has 1 aliphatic heterocycles. The lowest BCUT2D eigenvalue weighted by Gasteiger charge is -2.35. The number of hydrogen-bond acceptors (Lipinski definition) is 4. The second kappa shape index (κ2) is 8.36. The standard InChI is InChI=1S/C14H20N2O3S.ClH/c1-2-12(14(18)19)16-6-3-11(4-7-16)15-13(17)10-5-8-20-9-10;/h5,8-9,11-12H,2-4,6-7H2,1H3,(H,15,17)(H,18,19);1H. The number of carboxylic acid groups (broad SMARTS) is 1. The molecule has 1 amide bonds. The number of carbonyl (C=O) groups excluding carboxylic acids is 1. The Labute approximate surface area is 134 Å². The predicted molar refractivity (Wildman–Crippen MR) is 85.3 cm³/mol. The van der Waals surface area contributed by atoms with Crippen LogP contribution < -0.4 is 5.32 Å². The summed E-state index contributed by atoms with van der Waals surface area (Å²) in [6.45, 7) is 3.34. The van der Waals surface area contributed by atoms with E-state index in [1.807, 2.05) is 28.7 Å². The Morgan fingerprint density at radius 3 is 2.62 bits per heavy atom. The molecule has 0 radical (unpaired) electrons. The summed E-state index contributed by atoms with van der Waals surface area (Å²) in [5.74, 6) is -0.789. The molecule has 2 rings (SSSR count). The van der Waals surface area contributed by atoms with Gasteiger partial charge in [-0.3, -0.25) is 14.5 Å². The van der Waals surface area contributed by atoms with Crippen molar-refractivity contribution in [2.24, 2.45) is 0 Å². The van der Waals surface area contributed by atoms with Crippen molar-refractivity contribution in [3.8, 4) is 0 Å². The molecular weight excluding hydrogens is 312 g/mol. The van der Waals surface area contributed by atoms with Crippen molar-refractivity contribution in [1.29, 1.82) is 0 Å². The van der Waals surface area contributed by atoms with Crippen LogP contribution in [0.5, 0.6) is 0 Å². The summed E-state index contributed by atoms with van der Waals surface area (Å²) in [5.41, 5.74) is 0.703. The minimum absolute atomic E-state index is 0. The summed E-state index contributed by atoms with van der Waals surface area (Å²) in [4.78, 5) is 25.1. The largest absolute Gasteiger partial charge is 0.480 e. The fraction of sp³-hybridized carbons (Fsp3) is 0.571. The summed E-state index contributed by atoms with van der Waals surface area (Å²) in [6.07, 6.45) is 2.22. The van der Waals surface area contributed by atoms with E-state index in [-0.39, 0.29) is 24.4 Å². The van der Waals surface area contributed by atoms with Gasteiger partial charge in [-0.25, -0.2) is 0 Å². The Balaban J connectivity index is 0.00000220. The van der Waals surface area contributed by atoms with Crippen LogP contribution in [-0.2, 0) is 4.79 Å². The van der Waals surface area contributed by atoms with Crippen molar-refractivity contribution in [3.63, 3.8) is 0 Å². The Morgan fingerprint density at radius 1 is 1.48 bits per heavy atom. The summed E-state index contributed by atoms with van der Waals surface area (Å²) >= 11 is 1.51. The highest BCUT2D eigenvalue weighted by Gasteiger charge is 2.28. The van der Waals surface area contributed by atoms with Crippen LogP contribution in [-0.4, -0.2) is 47.1 Å². The van der Waals surface area contributed by atoms with Crippen LogP contribution in [0.25, 0.3) is 0 Å². The third kappa shape index (κ3) is 4.69. The minimum atomic E-state index is -0.756. The number of carboxylic acids is 1. The molecule has 1 aromatic rings. The lowest BCUT2D eigenvalue weighted by atomic mass is 10.0. The number of thiophene rings is 1. The summed E-state index contributed by atoms with van der Waals surface area (Å²) < 4.78 is 0. The molecule has 1 aromatic heterocycles. The zero-order valence-corrected chi connectivity index (χ0v) is 13.6. The maximum atomic E-state index is 11.9. The molecule has 1 atom stereocenters.